The van der Waals surface area contributed by atoms with Crippen molar-refractivity contribution >= 4 is 45.7 Å². The van der Waals surface area contributed by atoms with Crippen LogP contribution in [0.5, 0.6) is 0 Å². The van der Waals surface area contributed by atoms with Crippen LogP contribution < -0.4 is 10.6 Å². The smallest absolute Gasteiger partial charge is 0.257 e. The summed E-state index contributed by atoms with van der Waals surface area (Å²) in [5, 5.41) is 7.57. The predicted molar refractivity (Wildman–Crippen MR) is 107 cm³/mol. The molecule has 0 saturated heterocycles. The first-order chi connectivity index (χ1) is 13.0. The Morgan fingerprint density at radius 1 is 1.07 bits per heavy atom. The number of carbonyl (C=O) groups excluding carboxylic acids is 2. The van der Waals surface area contributed by atoms with E-state index in [1.807, 2.05) is 30.5 Å². The Labute approximate surface area is 164 Å². The molecule has 0 radical (unpaired) electrons. The first kappa shape index (κ1) is 19.1. The average molecular weight is 401 g/mol. The molecule has 0 saturated carbocycles. The number of halogens is 1. The first-order valence-electron chi connectivity index (χ1n) is 7.99. The van der Waals surface area contributed by atoms with Crippen LogP contribution in [-0.4, -0.2) is 23.1 Å². The summed E-state index contributed by atoms with van der Waals surface area (Å²) < 4.78 is 12.9. The van der Waals surface area contributed by atoms with E-state index in [-0.39, 0.29) is 18.2 Å². The molecule has 2 amide bonds. The van der Waals surface area contributed by atoms with Crippen molar-refractivity contribution < 1.29 is 14.0 Å². The van der Waals surface area contributed by atoms with Gasteiger partial charge in [-0.3, -0.25) is 14.9 Å². The van der Waals surface area contributed by atoms with Crippen molar-refractivity contribution in [3.63, 3.8) is 0 Å². The zero-order valence-electron chi connectivity index (χ0n) is 14.4. The van der Waals surface area contributed by atoms with E-state index in [1.54, 1.807) is 17.1 Å². The van der Waals surface area contributed by atoms with E-state index < -0.39 is 5.82 Å². The van der Waals surface area contributed by atoms with E-state index in [0.29, 0.717) is 16.4 Å². The fourth-order valence-electron chi connectivity index (χ4n) is 2.26. The standard InChI is InChI=1S/C19H16FN3O2S2/c1-26-16-8-6-14(7-9-16)21-17(24)10-15-11-27-19(22-15)23-18(25)12-2-4-13(20)5-3-12/h2-9,11H,10H2,1H3,(H,21,24)(H,22,23,25). The monoisotopic (exact) mass is 401 g/mol. The maximum absolute atomic E-state index is 12.9. The minimum atomic E-state index is -0.405. The van der Waals surface area contributed by atoms with Crippen LogP contribution in [0.4, 0.5) is 15.2 Å². The summed E-state index contributed by atoms with van der Waals surface area (Å²) in [6.45, 7) is 0. The summed E-state index contributed by atoms with van der Waals surface area (Å²) >= 11 is 2.86. The molecule has 138 valence electrons. The summed E-state index contributed by atoms with van der Waals surface area (Å²) in [7, 11) is 0. The van der Waals surface area contributed by atoms with Gasteiger partial charge in [-0.15, -0.1) is 23.1 Å². The highest BCUT2D eigenvalue weighted by Crippen LogP contribution is 2.19. The Morgan fingerprint density at radius 3 is 2.44 bits per heavy atom. The lowest BCUT2D eigenvalue weighted by Crippen LogP contribution is -2.15. The molecule has 0 atom stereocenters. The maximum Gasteiger partial charge on any atom is 0.257 e. The number of aromatic nitrogens is 1. The molecule has 0 bridgehead atoms. The molecule has 2 aromatic carbocycles. The molecule has 0 aliphatic carbocycles. The van der Waals surface area contributed by atoms with E-state index >= 15 is 0 Å². The number of thiazole rings is 1. The minimum absolute atomic E-state index is 0.104. The molecule has 8 heteroatoms. The number of hydrogen-bond acceptors (Lipinski definition) is 5. The summed E-state index contributed by atoms with van der Waals surface area (Å²) in [4.78, 5) is 29.6. The minimum Gasteiger partial charge on any atom is -0.326 e. The number of amides is 2. The van der Waals surface area contributed by atoms with Gasteiger partial charge in [0.15, 0.2) is 5.13 Å². The summed E-state index contributed by atoms with van der Waals surface area (Å²) in [6, 6.07) is 12.8. The number of rotatable bonds is 6. The molecule has 0 fully saturated rings. The topological polar surface area (TPSA) is 71.1 Å². The first-order valence-corrected chi connectivity index (χ1v) is 10.1. The molecule has 27 heavy (non-hydrogen) atoms. The SMILES string of the molecule is CSc1ccc(NC(=O)Cc2csc(NC(=O)c3ccc(F)cc3)n2)cc1. The van der Waals surface area contributed by atoms with Gasteiger partial charge in [0.05, 0.1) is 12.1 Å². The van der Waals surface area contributed by atoms with Gasteiger partial charge in [0.25, 0.3) is 5.91 Å². The highest BCUT2D eigenvalue weighted by Gasteiger charge is 2.11. The average Bonchev–Trinajstić information content (AvgIpc) is 3.09. The third-order valence-corrected chi connectivity index (χ3v) is 5.14. The van der Waals surface area contributed by atoms with Gasteiger partial charge in [0, 0.05) is 21.5 Å². The van der Waals surface area contributed by atoms with E-state index in [9.17, 15) is 14.0 Å². The van der Waals surface area contributed by atoms with Crippen molar-refractivity contribution in [2.45, 2.75) is 11.3 Å². The number of thioether (sulfide) groups is 1. The Balaban J connectivity index is 1.55. The van der Waals surface area contributed by atoms with Gasteiger partial charge in [-0.1, -0.05) is 0 Å². The third-order valence-electron chi connectivity index (χ3n) is 3.59. The van der Waals surface area contributed by atoms with Gasteiger partial charge in [0.1, 0.15) is 5.82 Å². The summed E-state index contributed by atoms with van der Waals surface area (Å²) in [6.07, 6.45) is 2.09. The summed E-state index contributed by atoms with van der Waals surface area (Å²) in [5.41, 5.74) is 1.62. The van der Waals surface area contributed by atoms with E-state index in [1.165, 1.54) is 35.6 Å². The van der Waals surface area contributed by atoms with Crippen LogP contribution in [0.3, 0.4) is 0 Å². The molecule has 5 nitrogen and oxygen atoms in total. The van der Waals surface area contributed by atoms with Crippen LogP contribution in [0, 0.1) is 5.82 Å². The number of anilines is 2. The lowest BCUT2D eigenvalue weighted by atomic mass is 10.2. The van der Waals surface area contributed by atoms with Crippen LogP contribution in [-0.2, 0) is 11.2 Å². The normalized spacial score (nSPS) is 10.4. The maximum atomic E-state index is 12.9. The number of benzene rings is 2. The van der Waals surface area contributed by atoms with Crippen molar-refractivity contribution in [3.8, 4) is 0 Å². The molecule has 0 unspecified atom stereocenters. The van der Waals surface area contributed by atoms with Crippen LogP contribution in [0.2, 0.25) is 0 Å². The zero-order chi connectivity index (χ0) is 19.2. The Bertz CT molecular complexity index is 940. The van der Waals surface area contributed by atoms with Gasteiger partial charge in [-0.05, 0) is 54.8 Å². The van der Waals surface area contributed by atoms with E-state index in [2.05, 4.69) is 15.6 Å². The van der Waals surface area contributed by atoms with Crippen LogP contribution in [0.1, 0.15) is 16.1 Å². The van der Waals surface area contributed by atoms with Crippen molar-refractivity contribution in [1.82, 2.24) is 4.98 Å². The van der Waals surface area contributed by atoms with Gasteiger partial charge in [0.2, 0.25) is 5.91 Å². The molecule has 2 N–H and O–H groups in total. The largest absolute Gasteiger partial charge is 0.326 e. The van der Waals surface area contributed by atoms with E-state index in [4.69, 9.17) is 0 Å². The molecule has 3 aromatic rings. The Hall–Kier alpha value is -2.71. The second-order valence-corrected chi connectivity index (χ2v) is 7.30. The summed E-state index contributed by atoms with van der Waals surface area (Å²) in [5.74, 6) is -0.972. The molecule has 0 aliphatic rings. The quantitative estimate of drug-likeness (QED) is 0.599. The molecule has 1 heterocycles. The molecule has 3 rings (SSSR count). The fourth-order valence-corrected chi connectivity index (χ4v) is 3.37. The zero-order valence-corrected chi connectivity index (χ0v) is 16.0. The van der Waals surface area contributed by atoms with Crippen molar-refractivity contribution in [2.75, 3.05) is 16.9 Å². The number of nitrogens with zero attached hydrogens (tertiary/aromatic N) is 1. The highest BCUT2D eigenvalue weighted by molar-refractivity contribution is 7.98. The van der Waals surface area contributed by atoms with Crippen LogP contribution in [0.15, 0.2) is 58.8 Å². The van der Waals surface area contributed by atoms with Crippen molar-refractivity contribution in [3.05, 3.63) is 71.0 Å². The number of hydrogen-bond donors (Lipinski definition) is 2. The molecule has 0 aliphatic heterocycles. The highest BCUT2D eigenvalue weighted by atomic mass is 32.2. The Morgan fingerprint density at radius 2 is 1.78 bits per heavy atom. The lowest BCUT2D eigenvalue weighted by molar-refractivity contribution is -0.115. The Kier molecular flexibility index (Phi) is 6.20. The van der Waals surface area contributed by atoms with Crippen molar-refractivity contribution in [2.24, 2.45) is 0 Å². The fraction of sp³-hybridized carbons (Fsp3) is 0.105. The number of carbonyl (C=O) groups is 2. The second-order valence-electron chi connectivity index (χ2n) is 5.56. The molecular formula is C19H16FN3O2S2. The number of nitrogens with one attached hydrogen (secondary N) is 2. The van der Waals surface area contributed by atoms with Gasteiger partial charge >= 0.3 is 0 Å². The predicted octanol–water partition coefficient (Wildman–Crippen LogP) is 4.44. The third kappa shape index (κ3) is 5.38. The van der Waals surface area contributed by atoms with Crippen LogP contribution >= 0.6 is 23.1 Å². The van der Waals surface area contributed by atoms with Gasteiger partial charge < -0.3 is 5.32 Å². The lowest BCUT2D eigenvalue weighted by Gasteiger charge is -2.05. The molecular weight excluding hydrogens is 385 g/mol. The van der Waals surface area contributed by atoms with Crippen molar-refractivity contribution in [1.29, 1.82) is 0 Å². The van der Waals surface area contributed by atoms with Gasteiger partial charge in [-0.25, -0.2) is 9.37 Å². The molecule has 0 spiro atoms. The van der Waals surface area contributed by atoms with Crippen LogP contribution in [0.25, 0.3) is 0 Å². The van der Waals surface area contributed by atoms with Gasteiger partial charge in [-0.2, -0.15) is 0 Å². The van der Waals surface area contributed by atoms with E-state index in [0.717, 1.165) is 10.6 Å². The second kappa shape index (κ2) is 8.79. The molecule has 1 aromatic heterocycles.